The number of hydrogen-bond donors (Lipinski definition) is 1. The standard InChI is InChI=1S/C19H16N6O2/c26-25(27)19-6-5-18(16-7-8-20-10-17(16)19)22-9-14-1-3-15(4-2-14)11-24-13-21-12-23-24/h1-8,10,12-13,22H,9,11H2. The smallest absolute Gasteiger partial charge is 0.278 e. The first kappa shape index (κ1) is 16.6. The maximum Gasteiger partial charge on any atom is 0.278 e. The van der Waals surface area contributed by atoms with Gasteiger partial charge in [0.25, 0.3) is 5.69 Å². The van der Waals surface area contributed by atoms with Gasteiger partial charge in [-0.05, 0) is 23.3 Å². The number of nitrogens with one attached hydrogen (secondary N) is 1. The number of nitro groups is 1. The minimum Gasteiger partial charge on any atom is -0.380 e. The Balaban J connectivity index is 1.50. The topological polar surface area (TPSA) is 98.8 Å². The van der Waals surface area contributed by atoms with Crippen LogP contribution in [0.5, 0.6) is 0 Å². The Labute approximate surface area is 154 Å². The molecule has 1 N–H and O–H groups in total. The highest BCUT2D eigenvalue weighted by molar-refractivity contribution is 5.99. The van der Waals surface area contributed by atoms with Crippen molar-refractivity contribution in [3.05, 3.63) is 88.8 Å². The molecule has 8 nitrogen and oxygen atoms in total. The molecule has 2 aromatic heterocycles. The highest BCUT2D eigenvalue weighted by Crippen LogP contribution is 2.30. The quantitative estimate of drug-likeness (QED) is 0.418. The van der Waals surface area contributed by atoms with Crippen LogP contribution < -0.4 is 5.32 Å². The average Bonchev–Trinajstić information content (AvgIpc) is 3.20. The van der Waals surface area contributed by atoms with Gasteiger partial charge in [-0.25, -0.2) is 9.67 Å². The summed E-state index contributed by atoms with van der Waals surface area (Å²) in [4.78, 5) is 18.8. The van der Waals surface area contributed by atoms with Gasteiger partial charge in [0.15, 0.2) is 0 Å². The van der Waals surface area contributed by atoms with Gasteiger partial charge in [-0.15, -0.1) is 0 Å². The summed E-state index contributed by atoms with van der Waals surface area (Å²) in [5.41, 5.74) is 3.14. The fourth-order valence-corrected chi connectivity index (χ4v) is 2.95. The molecule has 4 aromatic rings. The normalized spacial score (nSPS) is 10.8. The molecule has 0 amide bonds. The number of aromatic nitrogens is 4. The van der Waals surface area contributed by atoms with Gasteiger partial charge < -0.3 is 5.32 Å². The lowest BCUT2D eigenvalue weighted by Gasteiger charge is -2.10. The molecule has 27 heavy (non-hydrogen) atoms. The van der Waals surface area contributed by atoms with Gasteiger partial charge in [0.2, 0.25) is 0 Å². The minimum absolute atomic E-state index is 0.0566. The van der Waals surface area contributed by atoms with Gasteiger partial charge in [-0.3, -0.25) is 15.1 Å². The zero-order chi connectivity index (χ0) is 18.6. The minimum atomic E-state index is -0.387. The van der Waals surface area contributed by atoms with Crippen LogP contribution in [0.2, 0.25) is 0 Å². The Morgan fingerprint density at radius 3 is 2.56 bits per heavy atom. The van der Waals surface area contributed by atoms with Crippen LogP contribution in [-0.2, 0) is 13.1 Å². The summed E-state index contributed by atoms with van der Waals surface area (Å²) in [6.45, 7) is 1.28. The first-order chi connectivity index (χ1) is 13.2. The average molecular weight is 360 g/mol. The molecular formula is C19H16N6O2. The molecule has 2 aromatic carbocycles. The third-order valence-electron chi connectivity index (χ3n) is 4.31. The van der Waals surface area contributed by atoms with E-state index < -0.39 is 0 Å². The van der Waals surface area contributed by atoms with Crippen LogP contribution in [-0.4, -0.2) is 24.7 Å². The lowest BCUT2D eigenvalue weighted by molar-refractivity contribution is -0.383. The Morgan fingerprint density at radius 1 is 1.00 bits per heavy atom. The van der Waals surface area contributed by atoms with E-state index in [-0.39, 0.29) is 10.6 Å². The molecule has 4 rings (SSSR count). The number of hydrogen-bond acceptors (Lipinski definition) is 6. The second kappa shape index (κ2) is 7.20. The fraction of sp³-hybridized carbons (Fsp3) is 0.105. The van der Waals surface area contributed by atoms with Crippen molar-refractivity contribution < 1.29 is 4.92 Å². The molecule has 0 aliphatic heterocycles. The maximum atomic E-state index is 11.2. The van der Waals surface area contributed by atoms with E-state index >= 15 is 0 Å². The number of nitrogens with zero attached hydrogens (tertiary/aromatic N) is 5. The highest BCUT2D eigenvalue weighted by Gasteiger charge is 2.14. The van der Waals surface area contributed by atoms with E-state index in [1.807, 2.05) is 12.1 Å². The Kier molecular flexibility index (Phi) is 4.44. The van der Waals surface area contributed by atoms with Crippen LogP contribution in [0.25, 0.3) is 10.8 Å². The Hall–Kier alpha value is -3.81. The molecule has 0 saturated carbocycles. The van der Waals surface area contributed by atoms with E-state index in [0.29, 0.717) is 18.5 Å². The van der Waals surface area contributed by atoms with Crippen LogP contribution in [0.4, 0.5) is 11.4 Å². The second-order valence-corrected chi connectivity index (χ2v) is 6.07. The third-order valence-corrected chi connectivity index (χ3v) is 4.31. The van der Waals surface area contributed by atoms with Crippen molar-refractivity contribution in [3.63, 3.8) is 0 Å². The van der Waals surface area contributed by atoms with E-state index in [2.05, 4.69) is 32.5 Å². The molecule has 0 bridgehead atoms. The molecule has 134 valence electrons. The SMILES string of the molecule is O=[N+]([O-])c1ccc(NCc2ccc(Cn3cncn3)cc2)c2ccncc12. The first-order valence-electron chi connectivity index (χ1n) is 8.36. The van der Waals surface area contributed by atoms with Crippen molar-refractivity contribution in [1.82, 2.24) is 19.7 Å². The van der Waals surface area contributed by atoms with Gasteiger partial charge >= 0.3 is 0 Å². The molecule has 0 aliphatic carbocycles. The lowest BCUT2D eigenvalue weighted by Crippen LogP contribution is -2.03. The van der Waals surface area contributed by atoms with Gasteiger partial charge in [-0.2, -0.15) is 5.10 Å². The van der Waals surface area contributed by atoms with Crippen molar-refractivity contribution in [3.8, 4) is 0 Å². The monoisotopic (exact) mass is 360 g/mol. The van der Waals surface area contributed by atoms with Crippen molar-refractivity contribution in [1.29, 1.82) is 0 Å². The van der Waals surface area contributed by atoms with Crippen LogP contribution in [0.1, 0.15) is 11.1 Å². The summed E-state index contributed by atoms with van der Waals surface area (Å²) >= 11 is 0. The molecule has 0 spiro atoms. The van der Waals surface area contributed by atoms with Crippen molar-refractivity contribution in [2.75, 3.05) is 5.32 Å². The zero-order valence-corrected chi connectivity index (χ0v) is 14.3. The van der Waals surface area contributed by atoms with Gasteiger partial charge in [0.05, 0.1) is 16.9 Å². The lowest BCUT2D eigenvalue weighted by atomic mass is 10.1. The van der Waals surface area contributed by atoms with Crippen molar-refractivity contribution >= 4 is 22.1 Å². The third kappa shape index (κ3) is 3.59. The Bertz CT molecular complexity index is 1080. The van der Waals surface area contributed by atoms with E-state index in [4.69, 9.17) is 0 Å². The molecule has 0 saturated heterocycles. The first-order valence-corrected chi connectivity index (χ1v) is 8.36. The number of anilines is 1. The van der Waals surface area contributed by atoms with E-state index in [9.17, 15) is 10.1 Å². The number of benzene rings is 2. The molecule has 0 unspecified atom stereocenters. The van der Waals surface area contributed by atoms with Gasteiger partial charge in [-0.1, -0.05) is 24.3 Å². The van der Waals surface area contributed by atoms with Crippen LogP contribution in [0, 0.1) is 10.1 Å². The summed E-state index contributed by atoms with van der Waals surface area (Å²) in [5.74, 6) is 0. The van der Waals surface area contributed by atoms with E-state index in [0.717, 1.165) is 22.2 Å². The van der Waals surface area contributed by atoms with Gasteiger partial charge in [0, 0.05) is 36.1 Å². The predicted molar refractivity (Wildman–Crippen MR) is 101 cm³/mol. The van der Waals surface area contributed by atoms with Crippen LogP contribution >= 0.6 is 0 Å². The number of fused-ring (bicyclic) bond motifs is 1. The molecule has 8 heteroatoms. The maximum absolute atomic E-state index is 11.2. The number of rotatable bonds is 6. The van der Waals surface area contributed by atoms with Gasteiger partial charge in [0.1, 0.15) is 12.7 Å². The highest BCUT2D eigenvalue weighted by atomic mass is 16.6. The van der Waals surface area contributed by atoms with Crippen LogP contribution in [0.3, 0.4) is 0 Å². The molecule has 0 aliphatic rings. The van der Waals surface area contributed by atoms with Crippen LogP contribution in [0.15, 0.2) is 67.5 Å². The number of non-ortho nitro benzene ring substituents is 1. The summed E-state index contributed by atoms with van der Waals surface area (Å²) in [7, 11) is 0. The predicted octanol–water partition coefficient (Wildman–Crippen LogP) is 3.39. The summed E-state index contributed by atoms with van der Waals surface area (Å²) < 4.78 is 1.77. The fourth-order valence-electron chi connectivity index (χ4n) is 2.95. The molecular weight excluding hydrogens is 344 g/mol. The number of pyridine rings is 1. The summed E-state index contributed by atoms with van der Waals surface area (Å²) in [6, 6.07) is 13.2. The molecule has 0 radical (unpaired) electrons. The zero-order valence-electron chi connectivity index (χ0n) is 14.3. The van der Waals surface area contributed by atoms with E-state index in [1.54, 1.807) is 29.3 Å². The Morgan fingerprint density at radius 2 is 1.81 bits per heavy atom. The summed E-state index contributed by atoms with van der Waals surface area (Å²) in [6.07, 6.45) is 6.36. The summed E-state index contributed by atoms with van der Waals surface area (Å²) in [5, 5.41) is 20.0. The number of nitro benzene ring substituents is 1. The second-order valence-electron chi connectivity index (χ2n) is 6.07. The molecule has 0 atom stereocenters. The molecule has 0 fully saturated rings. The van der Waals surface area contributed by atoms with Crippen molar-refractivity contribution in [2.24, 2.45) is 0 Å². The van der Waals surface area contributed by atoms with E-state index in [1.165, 1.54) is 18.6 Å². The molecule has 2 heterocycles. The largest absolute Gasteiger partial charge is 0.380 e. The van der Waals surface area contributed by atoms with Crippen molar-refractivity contribution in [2.45, 2.75) is 13.1 Å².